The van der Waals surface area contributed by atoms with E-state index in [9.17, 15) is 4.39 Å². The highest BCUT2D eigenvalue weighted by molar-refractivity contribution is 5.68. The first-order valence-corrected chi connectivity index (χ1v) is 5.51. The van der Waals surface area contributed by atoms with Crippen LogP contribution in [0.25, 0.3) is 0 Å². The molecular weight excluding hydrogens is 207 g/mol. The zero-order valence-electron chi connectivity index (χ0n) is 10.0. The van der Waals surface area contributed by atoms with E-state index < -0.39 is 5.82 Å². The van der Waals surface area contributed by atoms with Crippen molar-refractivity contribution in [3.8, 4) is 5.75 Å². The van der Waals surface area contributed by atoms with Crippen molar-refractivity contribution in [2.24, 2.45) is 0 Å². The van der Waals surface area contributed by atoms with E-state index in [1.54, 1.807) is 6.07 Å². The molecule has 1 rings (SSSR count). The number of anilines is 2. The summed E-state index contributed by atoms with van der Waals surface area (Å²) in [6.07, 6.45) is 1.99. The third-order valence-corrected chi connectivity index (χ3v) is 2.67. The standard InChI is InChI=1S/C12H19FN2O/c1-4-8(5-2)15-11-7-12(16-3)9(13)6-10(11)14/h6-8,15H,4-5,14H2,1-3H3. The quantitative estimate of drug-likeness (QED) is 0.759. The molecule has 0 aliphatic rings. The van der Waals surface area contributed by atoms with Crippen LogP contribution in [-0.2, 0) is 0 Å². The second kappa shape index (κ2) is 5.58. The number of hydrogen-bond acceptors (Lipinski definition) is 3. The molecule has 0 unspecified atom stereocenters. The maximum absolute atomic E-state index is 13.3. The summed E-state index contributed by atoms with van der Waals surface area (Å²) < 4.78 is 18.2. The smallest absolute Gasteiger partial charge is 0.167 e. The molecule has 0 spiro atoms. The number of benzene rings is 1. The summed E-state index contributed by atoms with van der Waals surface area (Å²) in [6, 6.07) is 3.23. The molecule has 0 radical (unpaired) electrons. The highest BCUT2D eigenvalue weighted by atomic mass is 19.1. The van der Waals surface area contributed by atoms with Gasteiger partial charge in [0, 0.05) is 18.2 Å². The highest BCUT2D eigenvalue weighted by Gasteiger charge is 2.10. The van der Waals surface area contributed by atoms with E-state index in [1.807, 2.05) is 0 Å². The summed E-state index contributed by atoms with van der Waals surface area (Å²) in [5.74, 6) is -0.224. The number of hydrogen-bond donors (Lipinski definition) is 2. The van der Waals surface area contributed by atoms with E-state index in [0.29, 0.717) is 11.7 Å². The topological polar surface area (TPSA) is 47.3 Å². The van der Waals surface area contributed by atoms with Crippen LogP contribution in [0.5, 0.6) is 5.75 Å². The molecule has 0 saturated heterocycles. The molecule has 1 aromatic rings. The van der Waals surface area contributed by atoms with Gasteiger partial charge in [0.2, 0.25) is 0 Å². The van der Waals surface area contributed by atoms with E-state index in [4.69, 9.17) is 10.5 Å². The van der Waals surface area contributed by atoms with Gasteiger partial charge in [-0.15, -0.1) is 0 Å². The molecule has 0 bridgehead atoms. The first-order chi connectivity index (χ1) is 7.62. The van der Waals surface area contributed by atoms with Crippen LogP contribution in [0, 0.1) is 5.82 Å². The molecule has 4 heteroatoms. The zero-order valence-corrected chi connectivity index (χ0v) is 10.0. The minimum absolute atomic E-state index is 0.211. The molecule has 0 fully saturated rings. The summed E-state index contributed by atoms with van der Waals surface area (Å²) in [7, 11) is 1.44. The number of nitrogens with two attached hydrogens (primary N) is 1. The van der Waals surface area contributed by atoms with Gasteiger partial charge in [-0.1, -0.05) is 13.8 Å². The molecule has 1 aromatic carbocycles. The van der Waals surface area contributed by atoms with E-state index in [1.165, 1.54) is 13.2 Å². The fraction of sp³-hybridized carbons (Fsp3) is 0.500. The number of nitrogens with one attached hydrogen (secondary N) is 1. The molecule has 3 nitrogen and oxygen atoms in total. The summed E-state index contributed by atoms with van der Waals surface area (Å²) >= 11 is 0. The number of methoxy groups -OCH3 is 1. The van der Waals surface area contributed by atoms with Crippen molar-refractivity contribution in [3.63, 3.8) is 0 Å². The van der Waals surface area contributed by atoms with Gasteiger partial charge in [-0.3, -0.25) is 0 Å². The van der Waals surface area contributed by atoms with Crippen LogP contribution in [0.1, 0.15) is 26.7 Å². The third kappa shape index (κ3) is 2.78. The Morgan fingerprint density at radius 1 is 1.38 bits per heavy atom. The Hall–Kier alpha value is -1.45. The lowest BCUT2D eigenvalue weighted by molar-refractivity contribution is 0.387. The maximum Gasteiger partial charge on any atom is 0.167 e. The Morgan fingerprint density at radius 2 is 2.00 bits per heavy atom. The fourth-order valence-electron chi connectivity index (χ4n) is 1.56. The minimum atomic E-state index is -0.435. The molecule has 0 atom stereocenters. The van der Waals surface area contributed by atoms with Gasteiger partial charge in [0.1, 0.15) is 0 Å². The lowest BCUT2D eigenvalue weighted by atomic mass is 10.1. The van der Waals surface area contributed by atoms with Crippen LogP contribution in [0.4, 0.5) is 15.8 Å². The van der Waals surface area contributed by atoms with Crippen LogP contribution in [-0.4, -0.2) is 13.2 Å². The predicted octanol–water partition coefficient (Wildman–Crippen LogP) is 3.02. The van der Waals surface area contributed by atoms with E-state index in [2.05, 4.69) is 19.2 Å². The SMILES string of the molecule is CCC(CC)Nc1cc(OC)c(F)cc1N. The summed E-state index contributed by atoms with van der Waals surface area (Å²) in [5, 5.41) is 3.28. The van der Waals surface area contributed by atoms with Crippen LogP contribution in [0.15, 0.2) is 12.1 Å². The Balaban J connectivity index is 2.95. The lowest BCUT2D eigenvalue weighted by Gasteiger charge is -2.18. The number of rotatable bonds is 5. The summed E-state index contributed by atoms with van der Waals surface area (Å²) in [5.41, 5.74) is 6.88. The van der Waals surface area contributed by atoms with Crippen LogP contribution >= 0.6 is 0 Å². The minimum Gasteiger partial charge on any atom is -0.494 e. The average Bonchev–Trinajstić information content (AvgIpc) is 2.28. The Kier molecular flexibility index (Phi) is 4.40. The van der Waals surface area contributed by atoms with Crippen molar-refractivity contribution in [2.45, 2.75) is 32.7 Å². The zero-order chi connectivity index (χ0) is 12.1. The van der Waals surface area contributed by atoms with Crippen molar-refractivity contribution in [3.05, 3.63) is 17.9 Å². The summed E-state index contributed by atoms with van der Waals surface area (Å²) in [6.45, 7) is 4.19. The molecular formula is C12H19FN2O. The summed E-state index contributed by atoms with van der Waals surface area (Å²) in [4.78, 5) is 0. The molecule has 0 aromatic heterocycles. The molecule has 16 heavy (non-hydrogen) atoms. The van der Waals surface area contributed by atoms with Gasteiger partial charge in [0.15, 0.2) is 11.6 Å². The number of nitrogen functional groups attached to an aromatic ring is 1. The molecule has 0 saturated carbocycles. The Labute approximate surface area is 95.8 Å². The van der Waals surface area contributed by atoms with E-state index >= 15 is 0 Å². The van der Waals surface area contributed by atoms with E-state index in [-0.39, 0.29) is 5.75 Å². The van der Waals surface area contributed by atoms with Crippen molar-refractivity contribution in [1.82, 2.24) is 0 Å². The van der Waals surface area contributed by atoms with Crippen LogP contribution in [0.3, 0.4) is 0 Å². The Bertz CT molecular complexity index is 351. The van der Waals surface area contributed by atoms with Gasteiger partial charge >= 0.3 is 0 Å². The predicted molar refractivity (Wildman–Crippen MR) is 65.4 cm³/mol. The van der Waals surface area contributed by atoms with Gasteiger partial charge in [0.05, 0.1) is 18.5 Å². The number of halogens is 1. The molecule has 0 aliphatic carbocycles. The first-order valence-electron chi connectivity index (χ1n) is 5.51. The van der Waals surface area contributed by atoms with E-state index in [0.717, 1.165) is 18.5 Å². The third-order valence-electron chi connectivity index (χ3n) is 2.67. The van der Waals surface area contributed by atoms with Crippen molar-refractivity contribution >= 4 is 11.4 Å². The van der Waals surface area contributed by atoms with Gasteiger partial charge < -0.3 is 15.8 Å². The van der Waals surface area contributed by atoms with Crippen LogP contribution < -0.4 is 15.8 Å². The molecule has 90 valence electrons. The first kappa shape index (κ1) is 12.6. The number of ether oxygens (including phenoxy) is 1. The van der Waals surface area contributed by atoms with Gasteiger partial charge in [-0.2, -0.15) is 0 Å². The lowest BCUT2D eigenvalue weighted by Crippen LogP contribution is -2.18. The molecule has 0 heterocycles. The highest BCUT2D eigenvalue weighted by Crippen LogP contribution is 2.28. The monoisotopic (exact) mass is 226 g/mol. The Morgan fingerprint density at radius 3 is 2.50 bits per heavy atom. The van der Waals surface area contributed by atoms with Crippen molar-refractivity contribution < 1.29 is 9.13 Å². The largest absolute Gasteiger partial charge is 0.494 e. The van der Waals surface area contributed by atoms with Crippen molar-refractivity contribution in [1.29, 1.82) is 0 Å². The fourth-order valence-corrected chi connectivity index (χ4v) is 1.56. The molecule has 3 N–H and O–H groups in total. The van der Waals surface area contributed by atoms with Gasteiger partial charge in [-0.05, 0) is 12.8 Å². The van der Waals surface area contributed by atoms with Gasteiger partial charge in [0.25, 0.3) is 0 Å². The molecule has 0 amide bonds. The maximum atomic E-state index is 13.3. The normalized spacial score (nSPS) is 10.6. The second-order valence-corrected chi connectivity index (χ2v) is 3.73. The average molecular weight is 226 g/mol. The molecule has 0 aliphatic heterocycles. The van der Waals surface area contributed by atoms with Crippen molar-refractivity contribution in [2.75, 3.05) is 18.2 Å². The van der Waals surface area contributed by atoms with Crippen LogP contribution in [0.2, 0.25) is 0 Å². The second-order valence-electron chi connectivity index (χ2n) is 3.73. The van der Waals surface area contributed by atoms with Gasteiger partial charge in [-0.25, -0.2) is 4.39 Å².